The zero-order chi connectivity index (χ0) is 21.3. The number of amides is 2. The molecule has 3 atom stereocenters. The van der Waals surface area contributed by atoms with E-state index in [1.54, 1.807) is 0 Å². The summed E-state index contributed by atoms with van der Waals surface area (Å²) in [4.78, 5) is 26.3. The first-order chi connectivity index (χ1) is 14.5. The van der Waals surface area contributed by atoms with Gasteiger partial charge in [-0.05, 0) is 35.8 Å². The van der Waals surface area contributed by atoms with E-state index in [0.717, 1.165) is 17.5 Å². The van der Waals surface area contributed by atoms with Crippen molar-refractivity contribution in [1.29, 1.82) is 0 Å². The minimum Gasteiger partial charge on any atom is -0.447 e. The molecule has 5 nitrogen and oxygen atoms in total. The number of ether oxygens (including phenoxy) is 2. The van der Waals surface area contributed by atoms with Crippen LogP contribution in [0.25, 0.3) is 0 Å². The molecular formula is C25H31NO4. The third-order valence-corrected chi connectivity index (χ3v) is 5.39. The highest BCUT2D eigenvalue weighted by molar-refractivity contribution is 5.93. The first-order valence-electron chi connectivity index (χ1n) is 10.7. The fraction of sp³-hybridized carbons (Fsp3) is 0.440. The highest BCUT2D eigenvalue weighted by Gasteiger charge is 2.38. The first-order valence-corrected chi connectivity index (χ1v) is 10.7. The third-order valence-electron chi connectivity index (χ3n) is 5.39. The summed E-state index contributed by atoms with van der Waals surface area (Å²) in [6.07, 6.45) is 1.31. The van der Waals surface area contributed by atoms with E-state index in [0.29, 0.717) is 32.0 Å². The molecule has 0 aliphatic carbocycles. The van der Waals surface area contributed by atoms with Crippen LogP contribution in [0, 0.1) is 11.8 Å². The SMILES string of the molecule is C[C@@H](COCc1ccccc1)C[C@@H](C)CC(=O)N1C(=O)OC[C@@H]1Cc1ccccc1. The largest absolute Gasteiger partial charge is 0.447 e. The van der Waals surface area contributed by atoms with Gasteiger partial charge in [-0.25, -0.2) is 9.69 Å². The molecule has 1 heterocycles. The molecule has 2 amide bonds. The van der Waals surface area contributed by atoms with Crippen LogP contribution in [-0.2, 0) is 27.3 Å². The molecule has 5 heteroatoms. The zero-order valence-corrected chi connectivity index (χ0v) is 17.8. The number of cyclic esters (lactones) is 1. The lowest BCUT2D eigenvalue weighted by Gasteiger charge is -2.22. The highest BCUT2D eigenvalue weighted by atomic mass is 16.6. The molecule has 1 aliphatic rings. The lowest BCUT2D eigenvalue weighted by Crippen LogP contribution is -2.40. The van der Waals surface area contributed by atoms with Gasteiger partial charge in [0.15, 0.2) is 0 Å². The molecule has 2 aromatic carbocycles. The van der Waals surface area contributed by atoms with Crippen molar-refractivity contribution in [3.8, 4) is 0 Å². The van der Waals surface area contributed by atoms with Crippen LogP contribution >= 0.6 is 0 Å². The van der Waals surface area contributed by atoms with Gasteiger partial charge < -0.3 is 9.47 Å². The predicted molar refractivity (Wildman–Crippen MR) is 116 cm³/mol. The molecule has 160 valence electrons. The lowest BCUT2D eigenvalue weighted by molar-refractivity contribution is -0.130. The van der Waals surface area contributed by atoms with Crippen molar-refractivity contribution in [2.45, 2.75) is 45.8 Å². The molecule has 2 aromatic rings. The minimum atomic E-state index is -0.521. The first kappa shape index (κ1) is 22.0. The van der Waals surface area contributed by atoms with Crippen LogP contribution in [-0.4, -0.2) is 36.2 Å². The Bertz CT molecular complexity index is 808. The van der Waals surface area contributed by atoms with E-state index in [2.05, 4.69) is 13.8 Å². The lowest BCUT2D eigenvalue weighted by atomic mass is 9.94. The van der Waals surface area contributed by atoms with Gasteiger partial charge in [-0.1, -0.05) is 74.5 Å². The summed E-state index contributed by atoms with van der Waals surface area (Å²) in [5.74, 6) is 0.351. The van der Waals surface area contributed by atoms with Crippen LogP contribution in [0.1, 0.15) is 37.8 Å². The molecule has 0 bridgehead atoms. The zero-order valence-electron chi connectivity index (χ0n) is 17.8. The van der Waals surface area contributed by atoms with E-state index < -0.39 is 6.09 Å². The van der Waals surface area contributed by atoms with Gasteiger partial charge in [-0.15, -0.1) is 0 Å². The van der Waals surface area contributed by atoms with Crippen molar-refractivity contribution in [2.24, 2.45) is 11.8 Å². The maximum atomic E-state index is 12.8. The normalized spacial score (nSPS) is 18.1. The topological polar surface area (TPSA) is 55.8 Å². The van der Waals surface area contributed by atoms with Crippen LogP contribution in [0.3, 0.4) is 0 Å². The van der Waals surface area contributed by atoms with Crippen molar-refractivity contribution in [3.63, 3.8) is 0 Å². The highest BCUT2D eigenvalue weighted by Crippen LogP contribution is 2.22. The second-order valence-corrected chi connectivity index (χ2v) is 8.34. The van der Waals surface area contributed by atoms with Gasteiger partial charge in [0.2, 0.25) is 5.91 Å². The smallest absolute Gasteiger partial charge is 0.416 e. The Morgan fingerprint density at radius 2 is 1.67 bits per heavy atom. The number of benzene rings is 2. The number of rotatable bonds is 10. The summed E-state index contributed by atoms with van der Waals surface area (Å²) >= 11 is 0. The quantitative estimate of drug-likeness (QED) is 0.563. The second-order valence-electron chi connectivity index (χ2n) is 8.34. The van der Waals surface area contributed by atoms with E-state index in [4.69, 9.17) is 9.47 Å². The Morgan fingerprint density at radius 3 is 2.33 bits per heavy atom. The van der Waals surface area contributed by atoms with Gasteiger partial charge in [0.1, 0.15) is 6.61 Å². The summed E-state index contributed by atoms with van der Waals surface area (Å²) in [5, 5.41) is 0. The van der Waals surface area contributed by atoms with E-state index in [-0.39, 0.29) is 24.5 Å². The maximum Gasteiger partial charge on any atom is 0.416 e. The second kappa shape index (κ2) is 10.9. The Hall–Kier alpha value is -2.66. The van der Waals surface area contributed by atoms with Crippen LogP contribution in [0.15, 0.2) is 60.7 Å². The standard InChI is InChI=1S/C25H31NO4/c1-19(13-20(2)16-29-17-22-11-7-4-8-12-22)14-24(27)26-23(18-30-25(26)28)15-21-9-5-3-6-10-21/h3-12,19-20,23H,13-18H2,1-2H3/t19-,20-,23+/m1/s1. The molecular weight excluding hydrogens is 378 g/mol. The molecule has 1 aliphatic heterocycles. The van der Waals surface area contributed by atoms with Crippen LogP contribution in [0.5, 0.6) is 0 Å². The van der Waals surface area contributed by atoms with Gasteiger partial charge in [-0.3, -0.25) is 4.79 Å². The van der Waals surface area contributed by atoms with Crippen molar-refractivity contribution in [1.82, 2.24) is 4.90 Å². The Labute approximate surface area is 179 Å². The third kappa shape index (κ3) is 6.42. The maximum absolute atomic E-state index is 12.8. The summed E-state index contributed by atoms with van der Waals surface area (Å²) in [6.45, 7) is 5.69. The molecule has 0 spiro atoms. The summed E-state index contributed by atoms with van der Waals surface area (Å²) in [7, 11) is 0. The molecule has 3 rings (SSSR count). The van der Waals surface area contributed by atoms with E-state index in [1.165, 1.54) is 4.90 Å². The Morgan fingerprint density at radius 1 is 1.03 bits per heavy atom. The molecule has 0 radical (unpaired) electrons. The molecule has 1 saturated heterocycles. The summed E-state index contributed by atoms with van der Waals surface area (Å²) in [6, 6.07) is 19.8. The van der Waals surface area contributed by atoms with E-state index in [9.17, 15) is 9.59 Å². The summed E-state index contributed by atoms with van der Waals surface area (Å²) in [5.41, 5.74) is 2.25. The van der Waals surface area contributed by atoms with Crippen molar-refractivity contribution < 1.29 is 19.1 Å². The molecule has 1 fully saturated rings. The fourth-order valence-electron chi connectivity index (χ4n) is 3.99. The van der Waals surface area contributed by atoms with Gasteiger partial charge >= 0.3 is 6.09 Å². The number of imide groups is 1. The van der Waals surface area contributed by atoms with Gasteiger partial charge in [0, 0.05) is 13.0 Å². The van der Waals surface area contributed by atoms with Crippen molar-refractivity contribution in [2.75, 3.05) is 13.2 Å². The average molecular weight is 410 g/mol. The molecule has 0 saturated carbocycles. The molecule has 0 aromatic heterocycles. The van der Waals surface area contributed by atoms with Gasteiger partial charge in [0.25, 0.3) is 0 Å². The molecule has 0 N–H and O–H groups in total. The Kier molecular flexibility index (Phi) is 8.03. The van der Waals surface area contributed by atoms with E-state index in [1.807, 2.05) is 60.7 Å². The van der Waals surface area contributed by atoms with Crippen LogP contribution < -0.4 is 0 Å². The predicted octanol–water partition coefficient (Wildman–Crippen LogP) is 4.85. The van der Waals surface area contributed by atoms with E-state index >= 15 is 0 Å². The number of hydrogen-bond donors (Lipinski definition) is 0. The fourth-order valence-corrected chi connectivity index (χ4v) is 3.99. The monoisotopic (exact) mass is 409 g/mol. The van der Waals surface area contributed by atoms with Crippen molar-refractivity contribution >= 4 is 12.0 Å². The minimum absolute atomic E-state index is 0.150. The molecule has 30 heavy (non-hydrogen) atoms. The average Bonchev–Trinajstić information content (AvgIpc) is 3.09. The van der Waals surface area contributed by atoms with Crippen molar-refractivity contribution in [3.05, 3.63) is 71.8 Å². The number of hydrogen-bond acceptors (Lipinski definition) is 4. The van der Waals surface area contributed by atoms with Crippen LogP contribution in [0.2, 0.25) is 0 Å². The van der Waals surface area contributed by atoms with Crippen LogP contribution in [0.4, 0.5) is 4.79 Å². The van der Waals surface area contributed by atoms with Gasteiger partial charge in [0.05, 0.1) is 12.6 Å². The number of nitrogens with zero attached hydrogens (tertiary/aromatic N) is 1. The molecule has 0 unspecified atom stereocenters. The van der Waals surface area contributed by atoms with Gasteiger partial charge in [-0.2, -0.15) is 0 Å². The number of carbonyl (C=O) groups is 2. The summed E-state index contributed by atoms with van der Waals surface area (Å²) < 4.78 is 11.0. The Balaban J connectivity index is 1.44. The number of carbonyl (C=O) groups excluding carboxylic acids is 2.